The van der Waals surface area contributed by atoms with E-state index < -0.39 is 15.7 Å². The first-order valence-corrected chi connectivity index (χ1v) is 16.6. The van der Waals surface area contributed by atoms with Gasteiger partial charge in [-0.15, -0.1) is 0 Å². The lowest BCUT2D eigenvalue weighted by Crippen LogP contribution is -2.26. The summed E-state index contributed by atoms with van der Waals surface area (Å²) >= 11 is 0. The summed E-state index contributed by atoms with van der Waals surface area (Å²) < 4.78 is 29.9. The predicted molar refractivity (Wildman–Crippen MR) is 174 cm³/mol. The summed E-state index contributed by atoms with van der Waals surface area (Å²) in [7, 11) is -3.76. The molecule has 0 spiro atoms. The Kier molecular flexibility index (Phi) is 13.7. The van der Waals surface area contributed by atoms with Crippen LogP contribution < -0.4 is 0 Å². The number of hydrogen-bond acceptors (Lipinski definition) is 6. The summed E-state index contributed by atoms with van der Waals surface area (Å²) in [6.07, 6.45) is 12.2. The maximum absolute atomic E-state index is 12.7. The van der Waals surface area contributed by atoms with Gasteiger partial charge in [0.1, 0.15) is 0 Å². The van der Waals surface area contributed by atoms with E-state index in [1.807, 2.05) is 19.9 Å². The Hall–Kier alpha value is -2.87. The number of carbonyl (C=O) groups is 2. The van der Waals surface area contributed by atoms with Crippen LogP contribution in [0.4, 0.5) is 0 Å². The smallest absolute Gasteiger partial charge is 0.297 e. The third-order valence-electron chi connectivity index (χ3n) is 8.21. The van der Waals surface area contributed by atoms with Crippen molar-refractivity contribution in [2.24, 2.45) is 0 Å². The lowest BCUT2D eigenvalue weighted by molar-refractivity contribution is -0.116. The van der Waals surface area contributed by atoms with Crippen LogP contribution in [0.25, 0.3) is 0 Å². The molecule has 6 nitrogen and oxygen atoms in total. The zero-order valence-corrected chi connectivity index (χ0v) is 28.1. The van der Waals surface area contributed by atoms with Gasteiger partial charge in [0.25, 0.3) is 10.1 Å². The molecule has 2 rings (SSSR count). The molecule has 0 radical (unpaired) electrons. The van der Waals surface area contributed by atoms with Crippen molar-refractivity contribution in [2.45, 2.75) is 117 Å². The molecule has 0 bridgehead atoms. The van der Waals surface area contributed by atoms with E-state index in [9.17, 15) is 23.1 Å². The van der Waals surface area contributed by atoms with Crippen molar-refractivity contribution in [1.29, 1.82) is 0 Å². The second-order valence-electron chi connectivity index (χ2n) is 12.3. The van der Waals surface area contributed by atoms with E-state index in [1.54, 1.807) is 52.0 Å². The number of allylic oxidation sites excluding steroid dienone is 9. The van der Waals surface area contributed by atoms with Crippen molar-refractivity contribution in [3.8, 4) is 0 Å². The minimum atomic E-state index is -3.76. The summed E-state index contributed by atoms with van der Waals surface area (Å²) in [6, 6.07) is 6.63. The predicted octanol–water partition coefficient (Wildman–Crippen LogP) is 8.22. The minimum Gasteiger partial charge on any atom is -0.390 e. The van der Waals surface area contributed by atoms with Gasteiger partial charge in [-0.1, -0.05) is 52.6 Å². The number of ketones is 2. The van der Waals surface area contributed by atoms with Gasteiger partial charge in [0, 0.05) is 22.3 Å². The average molecular weight is 611 g/mol. The van der Waals surface area contributed by atoms with Gasteiger partial charge in [0.05, 0.1) is 17.1 Å². The van der Waals surface area contributed by atoms with Crippen LogP contribution >= 0.6 is 0 Å². The van der Waals surface area contributed by atoms with E-state index in [0.717, 1.165) is 43.2 Å². The van der Waals surface area contributed by atoms with E-state index in [0.29, 0.717) is 41.6 Å². The third kappa shape index (κ3) is 11.6. The monoisotopic (exact) mass is 610 g/mol. The fraction of sp³-hybridized carbons (Fsp3) is 0.500. The first-order valence-electron chi connectivity index (χ1n) is 15.2. The van der Waals surface area contributed by atoms with E-state index in [1.165, 1.54) is 11.1 Å². The SMILES string of the molecule is CC1=C(C)C(=O)C(CCC(C)(O)CC/C=C(\C)CC/C=C(\C)CC/C=C(\C)COS(=O)(=O)c2ccc(C)cc2)=C(C)C1=O. The van der Waals surface area contributed by atoms with Gasteiger partial charge in [-0.2, -0.15) is 8.42 Å². The maximum Gasteiger partial charge on any atom is 0.297 e. The number of aliphatic hydroxyl groups is 1. The van der Waals surface area contributed by atoms with Gasteiger partial charge in [-0.05, 0) is 119 Å². The van der Waals surface area contributed by atoms with Gasteiger partial charge in [0.2, 0.25) is 0 Å². The maximum atomic E-state index is 12.7. The molecular weight excluding hydrogens is 560 g/mol. The standard InChI is InChI=1S/C36H50O6S/c1-25(14-10-15-28(4)24-42-43(40,41)32-19-17-27(3)18-20-32)12-9-13-26(2)16-11-22-36(8,39)23-21-33-31(7)34(37)29(5)30(6)35(33)38/h12,15-20,39H,9-11,13-14,21-24H2,1-8H3/b25-12+,26-16+,28-15+. The highest BCUT2D eigenvalue weighted by molar-refractivity contribution is 7.86. The Morgan fingerprint density at radius 3 is 1.86 bits per heavy atom. The Balaban J connectivity index is 1.72. The molecule has 0 fully saturated rings. The van der Waals surface area contributed by atoms with Gasteiger partial charge in [-0.3, -0.25) is 13.8 Å². The molecule has 0 aromatic heterocycles. The lowest BCUT2D eigenvalue weighted by Gasteiger charge is -2.25. The molecule has 1 unspecified atom stereocenters. The normalized spacial score (nSPS) is 17.2. The van der Waals surface area contributed by atoms with Gasteiger partial charge in [-0.25, -0.2) is 0 Å². The number of rotatable bonds is 16. The van der Waals surface area contributed by atoms with Crippen molar-refractivity contribution in [3.63, 3.8) is 0 Å². The first kappa shape index (κ1) is 36.3. The van der Waals surface area contributed by atoms with Crippen LogP contribution in [0.3, 0.4) is 0 Å². The second kappa shape index (κ2) is 16.3. The summed E-state index contributed by atoms with van der Waals surface area (Å²) in [5, 5.41) is 10.9. The fourth-order valence-corrected chi connectivity index (χ4v) is 5.85. The molecule has 1 aliphatic rings. The van der Waals surface area contributed by atoms with Crippen LogP contribution in [0.15, 0.2) is 86.4 Å². The largest absolute Gasteiger partial charge is 0.390 e. The summed E-state index contributed by atoms with van der Waals surface area (Å²) in [5.41, 5.74) is 5.58. The Labute approximate surface area is 259 Å². The molecule has 1 N–H and O–H groups in total. The highest BCUT2D eigenvalue weighted by atomic mass is 32.2. The van der Waals surface area contributed by atoms with Gasteiger partial charge >= 0.3 is 0 Å². The quantitative estimate of drug-likeness (QED) is 0.115. The van der Waals surface area contributed by atoms with Gasteiger partial charge in [0.15, 0.2) is 11.6 Å². The molecule has 1 aromatic rings. The molecule has 236 valence electrons. The number of hydrogen-bond donors (Lipinski definition) is 1. The Morgan fingerprint density at radius 2 is 1.28 bits per heavy atom. The van der Waals surface area contributed by atoms with Crippen molar-refractivity contribution in [1.82, 2.24) is 0 Å². The highest BCUT2D eigenvalue weighted by Crippen LogP contribution is 2.30. The Bertz CT molecular complexity index is 1430. The average Bonchev–Trinajstić information content (AvgIpc) is 2.94. The Morgan fingerprint density at radius 1 is 0.767 bits per heavy atom. The van der Waals surface area contributed by atoms with Crippen LogP contribution in [0.2, 0.25) is 0 Å². The van der Waals surface area contributed by atoms with E-state index in [2.05, 4.69) is 26.0 Å². The summed E-state index contributed by atoms with van der Waals surface area (Å²) in [4.78, 5) is 25.2. The van der Waals surface area contributed by atoms with Crippen molar-refractivity contribution < 1.29 is 27.3 Å². The number of Topliss-reactive ketones (excluding diaryl/α,β-unsaturated/α-hetero) is 2. The van der Waals surface area contributed by atoms with E-state index >= 15 is 0 Å². The van der Waals surface area contributed by atoms with E-state index in [4.69, 9.17) is 4.18 Å². The van der Waals surface area contributed by atoms with Gasteiger partial charge < -0.3 is 5.11 Å². The molecule has 1 aromatic carbocycles. The second-order valence-corrected chi connectivity index (χ2v) is 13.9. The zero-order chi connectivity index (χ0) is 32.4. The van der Waals surface area contributed by atoms with Crippen LogP contribution in [0.5, 0.6) is 0 Å². The lowest BCUT2D eigenvalue weighted by atomic mass is 9.82. The number of benzene rings is 1. The molecule has 0 saturated carbocycles. The molecular formula is C36H50O6S. The van der Waals surface area contributed by atoms with Crippen LogP contribution in [-0.4, -0.2) is 37.3 Å². The van der Waals surface area contributed by atoms with Crippen molar-refractivity contribution >= 4 is 21.7 Å². The molecule has 0 aliphatic heterocycles. The third-order valence-corrected chi connectivity index (χ3v) is 9.49. The zero-order valence-electron chi connectivity index (χ0n) is 27.3. The molecule has 0 amide bonds. The van der Waals surface area contributed by atoms with Crippen molar-refractivity contribution in [2.75, 3.05) is 6.61 Å². The molecule has 1 aliphatic carbocycles. The number of aryl methyl sites for hydroxylation is 1. The first-order chi connectivity index (χ1) is 20.0. The van der Waals surface area contributed by atoms with Crippen LogP contribution in [0, 0.1) is 6.92 Å². The minimum absolute atomic E-state index is 0.0435. The molecule has 1 atom stereocenters. The summed E-state index contributed by atoms with van der Waals surface area (Å²) in [6.45, 7) is 14.9. The fourth-order valence-electron chi connectivity index (χ4n) is 4.90. The van der Waals surface area contributed by atoms with Crippen LogP contribution in [-0.2, 0) is 23.9 Å². The van der Waals surface area contributed by atoms with Crippen LogP contribution in [0.1, 0.15) is 105 Å². The molecule has 7 heteroatoms. The summed E-state index contributed by atoms with van der Waals surface area (Å²) in [5.74, 6) is -0.146. The molecule has 43 heavy (non-hydrogen) atoms. The van der Waals surface area contributed by atoms with Crippen molar-refractivity contribution in [3.05, 3.63) is 87.1 Å². The molecule has 0 saturated heterocycles. The topological polar surface area (TPSA) is 97.7 Å². The highest BCUT2D eigenvalue weighted by Gasteiger charge is 2.29. The molecule has 0 heterocycles. The number of carbonyl (C=O) groups excluding carboxylic acids is 2. The van der Waals surface area contributed by atoms with E-state index in [-0.39, 0.29) is 23.1 Å².